The van der Waals surface area contributed by atoms with E-state index < -0.39 is 21.9 Å². The predicted octanol–water partition coefficient (Wildman–Crippen LogP) is 6.46. The number of rotatable bonds is 8. The molecule has 4 aromatic carbocycles. The van der Waals surface area contributed by atoms with Crippen molar-refractivity contribution in [3.63, 3.8) is 0 Å². The number of anilines is 2. The molecule has 0 aromatic heterocycles. The largest absolute Gasteiger partial charge is 0.325 e. The topological polar surface area (TPSA) is 101 Å². The number of non-ortho nitro benzene ring substituents is 1. The van der Waals surface area contributed by atoms with Gasteiger partial charge in [0.15, 0.2) is 0 Å². The first-order valence-electron chi connectivity index (χ1n) is 10.8. The first kappa shape index (κ1) is 24.6. The molecule has 4 rings (SSSR count). The number of benzene rings is 4. The van der Waals surface area contributed by atoms with E-state index in [0.717, 1.165) is 10.5 Å². The normalized spacial score (nSPS) is 11.4. The van der Waals surface area contributed by atoms with Crippen molar-refractivity contribution < 1.29 is 18.9 Å². The van der Waals surface area contributed by atoms with Crippen molar-refractivity contribution in [1.82, 2.24) is 0 Å². The molecule has 7 nitrogen and oxygen atoms in total. The molecule has 180 valence electrons. The van der Waals surface area contributed by atoms with Gasteiger partial charge in [-0.1, -0.05) is 36.4 Å². The average molecular weight is 502 g/mol. The summed E-state index contributed by atoms with van der Waals surface area (Å²) in [5, 5.41) is 15.8. The van der Waals surface area contributed by atoms with Crippen molar-refractivity contribution in [2.24, 2.45) is 0 Å². The highest BCUT2D eigenvalue weighted by molar-refractivity contribution is 8.00. The molecule has 0 aliphatic heterocycles. The fourth-order valence-electron chi connectivity index (χ4n) is 3.36. The van der Waals surface area contributed by atoms with Crippen LogP contribution in [0.4, 0.5) is 21.5 Å². The van der Waals surface area contributed by atoms with Crippen molar-refractivity contribution in [2.75, 3.05) is 10.6 Å². The highest BCUT2D eigenvalue weighted by atomic mass is 32.2. The van der Waals surface area contributed by atoms with E-state index >= 15 is 0 Å². The molecule has 1 unspecified atom stereocenters. The zero-order valence-electron chi connectivity index (χ0n) is 18.8. The highest BCUT2D eigenvalue weighted by Gasteiger charge is 2.22. The molecule has 0 aliphatic rings. The zero-order valence-corrected chi connectivity index (χ0v) is 19.6. The maximum atomic E-state index is 13.2. The summed E-state index contributed by atoms with van der Waals surface area (Å²) in [6.07, 6.45) is 0. The maximum Gasteiger partial charge on any atom is 0.269 e. The minimum atomic E-state index is -0.614. The molecule has 0 saturated heterocycles. The molecule has 0 aliphatic carbocycles. The molecule has 2 amide bonds. The van der Waals surface area contributed by atoms with Gasteiger partial charge in [0.1, 0.15) is 11.1 Å². The summed E-state index contributed by atoms with van der Waals surface area (Å²) in [7, 11) is 0. The van der Waals surface area contributed by atoms with Crippen molar-refractivity contribution in [3.8, 4) is 0 Å². The fraction of sp³-hybridized carbons (Fsp3) is 0.0370. The standard InChI is InChI=1S/C27H20FN3O4S/c28-20-11-13-21(14-12-20)29-27(33)25(18-5-2-1-3-6-18)36-24-8-4-7-22(17-24)30-26(32)19-9-15-23(16-10-19)31(34)35/h1-17,25H,(H,29,33)(H,30,32). The lowest BCUT2D eigenvalue weighted by atomic mass is 10.1. The lowest BCUT2D eigenvalue weighted by Gasteiger charge is -2.18. The number of carbonyl (C=O) groups is 2. The molecule has 0 heterocycles. The van der Waals surface area contributed by atoms with E-state index in [1.165, 1.54) is 60.3 Å². The first-order valence-corrected chi connectivity index (χ1v) is 11.7. The van der Waals surface area contributed by atoms with Crippen molar-refractivity contribution in [2.45, 2.75) is 10.1 Å². The van der Waals surface area contributed by atoms with E-state index in [4.69, 9.17) is 0 Å². The van der Waals surface area contributed by atoms with Gasteiger partial charge in [-0.25, -0.2) is 4.39 Å². The van der Waals surface area contributed by atoms with E-state index in [9.17, 15) is 24.1 Å². The summed E-state index contributed by atoms with van der Waals surface area (Å²) in [6.45, 7) is 0. The predicted molar refractivity (Wildman–Crippen MR) is 138 cm³/mol. The maximum absolute atomic E-state index is 13.2. The van der Waals surface area contributed by atoms with Crippen LogP contribution in [0.1, 0.15) is 21.2 Å². The van der Waals surface area contributed by atoms with Gasteiger partial charge in [0.25, 0.3) is 11.6 Å². The Morgan fingerprint density at radius 2 is 1.50 bits per heavy atom. The Morgan fingerprint density at radius 1 is 0.806 bits per heavy atom. The minimum Gasteiger partial charge on any atom is -0.325 e. The third kappa shape index (κ3) is 6.34. The number of nitrogens with zero attached hydrogens (tertiary/aromatic N) is 1. The second kappa shape index (κ2) is 11.3. The Hall–Kier alpha value is -4.50. The van der Waals surface area contributed by atoms with Crippen LogP contribution >= 0.6 is 11.8 Å². The van der Waals surface area contributed by atoms with Gasteiger partial charge in [0.2, 0.25) is 5.91 Å². The second-order valence-corrected chi connectivity index (χ2v) is 8.87. The number of carbonyl (C=O) groups excluding carboxylic acids is 2. The highest BCUT2D eigenvalue weighted by Crippen LogP contribution is 2.37. The van der Waals surface area contributed by atoms with Gasteiger partial charge in [-0.15, -0.1) is 11.8 Å². The Bertz CT molecular complexity index is 1380. The van der Waals surface area contributed by atoms with Gasteiger partial charge < -0.3 is 10.6 Å². The number of nitro groups is 1. The Balaban J connectivity index is 1.51. The summed E-state index contributed by atoms with van der Waals surface area (Å²) < 4.78 is 13.2. The summed E-state index contributed by atoms with van der Waals surface area (Å²) in [4.78, 5) is 36.8. The van der Waals surface area contributed by atoms with Crippen LogP contribution < -0.4 is 10.6 Å². The van der Waals surface area contributed by atoms with Gasteiger partial charge in [-0.05, 0) is 60.2 Å². The molecule has 0 radical (unpaired) electrons. The van der Waals surface area contributed by atoms with Crippen LogP contribution in [0.3, 0.4) is 0 Å². The second-order valence-electron chi connectivity index (χ2n) is 7.69. The molecular formula is C27H20FN3O4S. The summed E-state index contributed by atoms with van der Waals surface area (Å²) in [5.41, 5.74) is 1.94. The number of thioether (sulfide) groups is 1. The van der Waals surface area contributed by atoms with Crippen molar-refractivity contribution in [1.29, 1.82) is 0 Å². The summed E-state index contributed by atoms with van der Waals surface area (Å²) in [5.74, 6) is -1.09. The fourth-order valence-corrected chi connectivity index (χ4v) is 4.45. The number of hydrogen-bond acceptors (Lipinski definition) is 5. The summed E-state index contributed by atoms with van der Waals surface area (Å²) >= 11 is 1.30. The number of halogens is 1. The van der Waals surface area contributed by atoms with Crippen LogP contribution in [0.5, 0.6) is 0 Å². The molecule has 0 spiro atoms. The molecule has 0 bridgehead atoms. The van der Waals surface area contributed by atoms with E-state index in [2.05, 4.69) is 10.6 Å². The Labute approximate surface area is 210 Å². The van der Waals surface area contributed by atoms with E-state index in [-0.39, 0.29) is 17.2 Å². The van der Waals surface area contributed by atoms with E-state index in [1.807, 2.05) is 36.4 Å². The van der Waals surface area contributed by atoms with Crippen LogP contribution in [0.15, 0.2) is 108 Å². The molecule has 0 saturated carbocycles. The number of hydrogen-bond donors (Lipinski definition) is 2. The zero-order chi connectivity index (χ0) is 25.5. The molecule has 0 fully saturated rings. The van der Waals surface area contributed by atoms with Gasteiger partial charge in [-0.2, -0.15) is 0 Å². The molecule has 1 atom stereocenters. The van der Waals surface area contributed by atoms with Gasteiger partial charge in [0.05, 0.1) is 4.92 Å². The number of nitrogens with one attached hydrogen (secondary N) is 2. The van der Waals surface area contributed by atoms with Crippen LogP contribution in [0.2, 0.25) is 0 Å². The Kier molecular flexibility index (Phi) is 7.72. The third-order valence-electron chi connectivity index (χ3n) is 5.14. The first-order chi connectivity index (χ1) is 17.4. The quantitative estimate of drug-likeness (QED) is 0.164. The van der Waals surface area contributed by atoms with Crippen LogP contribution in [-0.4, -0.2) is 16.7 Å². The third-order valence-corrected chi connectivity index (χ3v) is 6.39. The van der Waals surface area contributed by atoms with Gasteiger partial charge in [-0.3, -0.25) is 19.7 Å². The molecular weight excluding hydrogens is 481 g/mol. The minimum absolute atomic E-state index is 0.101. The average Bonchev–Trinajstić information content (AvgIpc) is 2.89. The van der Waals surface area contributed by atoms with Crippen LogP contribution in [0, 0.1) is 15.9 Å². The summed E-state index contributed by atoms with van der Waals surface area (Å²) in [6, 6.07) is 27.1. The monoisotopic (exact) mass is 501 g/mol. The molecule has 9 heteroatoms. The number of amides is 2. The van der Waals surface area contributed by atoms with Crippen molar-refractivity contribution in [3.05, 3.63) is 130 Å². The molecule has 36 heavy (non-hydrogen) atoms. The molecule has 2 N–H and O–H groups in total. The van der Waals surface area contributed by atoms with E-state index in [0.29, 0.717) is 11.4 Å². The van der Waals surface area contributed by atoms with E-state index in [1.54, 1.807) is 18.2 Å². The lowest BCUT2D eigenvalue weighted by Crippen LogP contribution is -2.19. The smallest absolute Gasteiger partial charge is 0.269 e. The molecule has 4 aromatic rings. The van der Waals surface area contributed by atoms with Crippen LogP contribution in [-0.2, 0) is 4.79 Å². The van der Waals surface area contributed by atoms with Crippen LogP contribution in [0.25, 0.3) is 0 Å². The lowest BCUT2D eigenvalue weighted by molar-refractivity contribution is -0.384. The van der Waals surface area contributed by atoms with Gasteiger partial charge >= 0.3 is 0 Å². The Morgan fingerprint density at radius 3 is 2.17 bits per heavy atom. The SMILES string of the molecule is O=C(Nc1cccc(SC(C(=O)Nc2ccc(F)cc2)c2ccccc2)c1)c1ccc([N+](=O)[O-])cc1. The van der Waals surface area contributed by atoms with Crippen molar-refractivity contribution >= 4 is 40.6 Å². The van der Waals surface area contributed by atoms with Gasteiger partial charge in [0, 0.05) is 34.0 Å². The number of nitro benzene ring substituents is 1.